The smallest absolute Gasteiger partial charge is 0.331 e. The minimum Gasteiger partial charge on any atom is -0.504 e. The number of amides is 1. The number of nitrogens with one attached hydrogen (secondary N) is 1. The van der Waals surface area contributed by atoms with E-state index in [-0.39, 0.29) is 5.75 Å². The van der Waals surface area contributed by atoms with Crippen LogP contribution in [0.3, 0.4) is 0 Å². The maximum atomic E-state index is 12.2. The van der Waals surface area contributed by atoms with Crippen molar-refractivity contribution in [3.05, 3.63) is 59.7 Å². The fraction of sp³-hybridized carbons (Fsp3) is 0.273. The van der Waals surface area contributed by atoms with Gasteiger partial charge in [0.1, 0.15) is 0 Å². The second-order valence-electron chi connectivity index (χ2n) is 6.61. The van der Waals surface area contributed by atoms with E-state index in [9.17, 15) is 14.7 Å². The van der Waals surface area contributed by atoms with Crippen molar-refractivity contribution in [1.82, 2.24) is 0 Å². The molecule has 0 aromatic heterocycles. The Morgan fingerprint density at radius 2 is 1.75 bits per heavy atom. The van der Waals surface area contributed by atoms with Gasteiger partial charge in [-0.15, -0.1) is 0 Å². The number of anilines is 1. The molecule has 0 fully saturated rings. The predicted molar refractivity (Wildman–Crippen MR) is 108 cm³/mol. The van der Waals surface area contributed by atoms with Gasteiger partial charge in [0.05, 0.1) is 7.11 Å². The average Bonchev–Trinajstić information content (AvgIpc) is 2.67. The number of esters is 1. The zero-order valence-electron chi connectivity index (χ0n) is 16.4. The molecule has 0 radical (unpaired) electrons. The van der Waals surface area contributed by atoms with Crippen molar-refractivity contribution < 1.29 is 24.2 Å². The van der Waals surface area contributed by atoms with Gasteiger partial charge in [0, 0.05) is 11.8 Å². The summed E-state index contributed by atoms with van der Waals surface area (Å²) < 4.78 is 10.1. The fourth-order valence-electron chi connectivity index (χ4n) is 2.42. The number of phenolic OH excluding ortho intramolecular Hbond substituents is 1. The topological polar surface area (TPSA) is 84.9 Å². The molecule has 2 aromatic carbocycles. The van der Waals surface area contributed by atoms with Gasteiger partial charge in [0.25, 0.3) is 5.91 Å². The van der Waals surface area contributed by atoms with Crippen LogP contribution in [-0.4, -0.2) is 30.2 Å². The Morgan fingerprint density at radius 3 is 2.36 bits per heavy atom. The van der Waals surface area contributed by atoms with Gasteiger partial charge in [0.2, 0.25) is 0 Å². The largest absolute Gasteiger partial charge is 0.504 e. The van der Waals surface area contributed by atoms with E-state index in [0.717, 1.165) is 0 Å². The van der Waals surface area contributed by atoms with Crippen LogP contribution >= 0.6 is 0 Å². The molecule has 0 aliphatic heterocycles. The van der Waals surface area contributed by atoms with Crippen LogP contribution in [0, 0.1) is 0 Å². The van der Waals surface area contributed by atoms with E-state index in [1.165, 1.54) is 37.8 Å². The molecule has 0 bridgehead atoms. The molecule has 0 saturated heterocycles. The molecule has 2 rings (SSSR count). The van der Waals surface area contributed by atoms with Gasteiger partial charge in [0.15, 0.2) is 17.6 Å². The van der Waals surface area contributed by atoms with Gasteiger partial charge >= 0.3 is 5.97 Å². The minimum atomic E-state index is -0.948. The van der Waals surface area contributed by atoms with Gasteiger partial charge in [-0.2, -0.15) is 0 Å². The maximum absolute atomic E-state index is 12.2. The lowest BCUT2D eigenvalue weighted by Crippen LogP contribution is -2.29. The Kier molecular flexibility index (Phi) is 7.21. The van der Waals surface area contributed by atoms with Crippen LogP contribution in [0.2, 0.25) is 0 Å². The van der Waals surface area contributed by atoms with Gasteiger partial charge in [-0.05, 0) is 54.3 Å². The number of rotatable bonds is 7. The van der Waals surface area contributed by atoms with Crippen molar-refractivity contribution in [3.8, 4) is 11.5 Å². The molecule has 0 unspecified atom stereocenters. The van der Waals surface area contributed by atoms with Crippen LogP contribution in [0.1, 0.15) is 37.8 Å². The molecule has 2 N–H and O–H groups in total. The lowest BCUT2D eigenvalue weighted by Gasteiger charge is -2.13. The third kappa shape index (κ3) is 5.87. The Hall–Kier alpha value is -3.28. The highest BCUT2D eigenvalue weighted by Crippen LogP contribution is 2.26. The summed E-state index contributed by atoms with van der Waals surface area (Å²) in [5, 5.41) is 12.3. The molecule has 0 spiro atoms. The molecule has 0 heterocycles. The highest BCUT2D eigenvalue weighted by Gasteiger charge is 2.16. The minimum absolute atomic E-state index is 0.00828. The summed E-state index contributed by atoms with van der Waals surface area (Å²) in [7, 11) is 1.44. The van der Waals surface area contributed by atoms with Gasteiger partial charge in [-0.3, -0.25) is 4.79 Å². The Morgan fingerprint density at radius 1 is 1.07 bits per heavy atom. The number of benzene rings is 2. The molecule has 1 amide bonds. The molecular weight excluding hydrogens is 358 g/mol. The summed E-state index contributed by atoms with van der Waals surface area (Å²) in [6, 6.07) is 12.2. The molecule has 0 aliphatic carbocycles. The quantitative estimate of drug-likeness (QED) is 0.555. The van der Waals surface area contributed by atoms with Gasteiger partial charge in [-0.1, -0.05) is 32.0 Å². The molecule has 0 saturated carbocycles. The van der Waals surface area contributed by atoms with Crippen molar-refractivity contribution in [2.45, 2.75) is 32.8 Å². The van der Waals surface area contributed by atoms with Crippen molar-refractivity contribution in [1.29, 1.82) is 0 Å². The number of hydrogen-bond donors (Lipinski definition) is 2. The number of aromatic hydroxyl groups is 1. The van der Waals surface area contributed by atoms with Gasteiger partial charge in [-0.25, -0.2) is 4.79 Å². The van der Waals surface area contributed by atoms with E-state index >= 15 is 0 Å². The SMILES string of the molecule is COc1cc(/C=C\C(=O)O[C@@H](C)C(=O)Nc2ccc(C(C)C)cc2)ccc1O. The van der Waals surface area contributed by atoms with Crippen molar-refractivity contribution in [2.24, 2.45) is 0 Å². The summed E-state index contributed by atoms with van der Waals surface area (Å²) in [5.41, 5.74) is 2.46. The number of phenols is 1. The molecule has 28 heavy (non-hydrogen) atoms. The highest BCUT2D eigenvalue weighted by molar-refractivity contribution is 5.96. The standard InChI is InChI=1S/C22H25NO5/c1-14(2)17-7-9-18(10-8-17)23-22(26)15(3)28-21(25)12-6-16-5-11-19(24)20(13-16)27-4/h5-15,24H,1-4H3,(H,23,26)/b12-6-/t15-/m0/s1. The van der Waals surface area contributed by atoms with Crippen LogP contribution in [-0.2, 0) is 14.3 Å². The highest BCUT2D eigenvalue weighted by atomic mass is 16.5. The second kappa shape index (κ2) is 9.60. The first-order chi connectivity index (χ1) is 13.3. The third-order valence-corrected chi connectivity index (χ3v) is 4.12. The normalized spacial score (nSPS) is 12.0. The number of methoxy groups -OCH3 is 1. The summed E-state index contributed by atoms with van der Waals surface area (Å²) in [6.07, 6.45) is 1.78. The number of carbonyl (C=O) groups is 2. The lowest BCUT2D eigenvalue weighted by molar-refractivity contribution is -0.148. The van der Waals surface area contributed by atoms with Crippen LogP contribution in [0.4, 0.5) is 5.69 Å². The van der Waals surface area contributed by atoms with E-state index in [0.29, 0.717) is 22.9 Å². The zero-order valence-corrected chi connectivity index (χ0v) is 16.4. The van der Waals surface area contributed by atoms with Gasteiger partial charge < -0.3 is 19.9 Å². The van der Waals surface area contributed by atoms with Crippen LogP contribution in [0.5, 0.6) is 11.5 Å². The number of ether oxygens (including phenoxy) is 2. The summed E-state index contributed by atoms with van der Waals surface area (Å²) in [5.74, 6) is -0.346. The van der Waals surface area contributed by atoms with Crippen LogP contribution < -0.4 is 10.1 Å². The molecule has 6 nitrogen and oxygen atoms in total. The first-order valence-corrected chi connectivity index (χ1v) is 8.96. The fourth-order valence-corrected chi connectivity index (χ4v) is 2.42. The zero-order chi connectivity index (χ0) is 20.7. The predicted octanol–water partition coefficient (Wildman–Crippen LogP) is 4.11. The Balaban J connectivity index is 1.91. The Bertz CT molecular complexity index is 856. The first-order valence-electron chi connectivity index (χ1n) is 8.96. The second-order valence-corrected chi connectivity index (χ2v) is 6.61. The molecule has 6 heteroatoms. The van der Waals surface area contributed by atoms with E-state index in [1.807, 2.05) is 24.3 Å². The molecule has 148 valence electrons. The molecule has 2 aromatic rings. The van der Waals surface area contributed by atoms with E-state index in [1.54, 1.807) is 12.1 Å². The van der Waals surface area contributed by atoms with E-state index < -0.39 is 18.0 Å². The van der Waals surface area contributed by atoms with Crippen molar-refractivity contribution >= 4 is 23.6 Å². The van der Waals surface area contributed by atoms with E-state index in [4.69, 9.17) is 9.47 Å². The molecule has 1 atom stereocenters. The summed E-state index contributed by atoms with van der Waals surface area (Å²) in [4.78, 5) is 24.2. The number of hydrogen-bond acceptors (Lipinski definition) is 5. The average molecular weight is 383 g/mol. The summed E-state index contributed by atoms with van der Waals surface area (Å²) in [6.45, 7) is 5.70. The molecular formula is C22H25NO5. The first kappa shape index (κ1) is 21.0. The monoisotopic (exact) mass is 383 g/mol. The van der Waals surface area contributed by atoms with Crippen LogP contribution in [0.15, 0.2) is 48.5 Å². The van der Waals surface area contributed by atoms with E-state index in [2.05, 4.69) is 19.2 Å². The number of carbonyl (C=O) groups excluding carboxylic acids is 2. The maximum Gasteiger partial charge on any atom is 0.331 e. The lowest BCUT2D eigenvalue weighted by atomic mass is 10.0. The van der Waals surface area contributed by atoms with Crippen molar-refractivity contribution in [2.75, 3.05) is 12.4 Å². The van der Waals surface area contributed by atoms with Crippen molar-refractivity contribution in [3.63, 3.8) is 0 Å². The Labute approximate surface area is 164 Å². The third-order valence-electron chi connectivity index (χ3n) is 4.12. The summed E-state index contributed by atoms with van der Waals surface area (Å²) >= 11 is 0. The van der Waals surface area contributed by atoms with Crippen LogP contribution in [0.25, 0.3) is 6.08 Å². The molecule has 0 aliphatic rings.